The summed E-state index contributed by atoms with van der Waals surface area (Å²) in [6, 6.07) is 0. The highest BCUT2D eigenvalue weighted by Crippen LogP contribution is 2.04. The van der Waals surface area contributed by atoms with Gasteiger partial charge in [-0.15, -0.1) is 0 Å². The fourth-order valence-corrected chi connectivity index (χ4v) is 0.668. The van der Waals surface area contributed by atoms with Gasteiger partial charge in [-0.3, -0.25) is 9.59 Å². The van der Waals surface area contributed by atoms with Crippen molar-refractivity contribution in [3.63, 3.8) is 0 Å². The summed E-state index contributed by atoms with van der Waals surface area (Å²) >= 11 is 0. The molecule has 0 aliphatic carbocycles. The van der Waals surface area contributed by atoms with Gasteiger partial charge in [0.15, 0.2) is 12.0 Å². The number of carbonyl (C=O) groups excluding carboxylic acids is 2. The highest BCUT2D eigenvalue weighted by molar-refractivity contribution is 5.82. The van der Waals surface area contributed by atoms with Crippen molar-refractivity contribution in [1.82, 2.24) is 0 Å². The maximum absolute atomic E-state index is 12.5. The first-order valence-corrected chi connectivity index (χ1v) is 3.74. The van der Waals surface area contributed by atoms with E-state index in [-0.39, 0.29) is 18.6 Å². The molecule has 1 unspecified atom stereocenters. The second-order valence-electron chi connectivity index (χ2n) is 2.51. The summed E-state index contributed by atoms with van der Waals surface area (Å²) < 4.78 is 12.5. The van der Waals surface area contributed by atoms with Gasteiger partial charge in [0, 0.05) is 12.8 Å². The van der Waals surface area contributed by atoms with Gasteiger partial charge in [0.1, 0.15) is 5.78 Å². The van der Waals surface area contributed by atoms with Crippen molar-refractivity contribution in [2.45, 2.75) is 39.3 Å². The molecule has 0 aromatic carbocycles. The molecule has 0 heterocycles. The van der Waals surface area contributed by atoms with Gasteiger partial charge in [0.2, 0.25) is 0 Å². The van der Waals surface area contributed by atoms with Crippen LogP contribution in [0.15, 0.2) is 0 Å². The van der Waals surface area contributed by atoms with Crippen molar-refractivity contribution < 1.29 is 14.0 Å². The lowest BCUT2D eigenvalue weighted by atomic mass is 10.1. The Morgan fingerprint density at radius 3 is 2.36 bits per heavy atom. The van der Waals surface area contributed by atoms with E-state index >= 15 is 0 Å². The summed E-state index contributed by atoms with van der Waals surface area (Å²) in [6.45, 7) is 2.92. The van der Waals surface area contributed by atoms with Crippen LogP contribution in [0.4, 0.5) is 4.39 Å². The van der Waals surface area contributed by atoms with Gasteiger partial charge in [0.05, 0.1) is 0 Å². The Bertz CT molecular complexity index is 154. The molecule has 0 bridgehead atoms. The molecular weight excluding hydrogens is 147 g/mol. The van der Waals surface area contributed by atoms with Gasteiger partial charge in [-0.25, -0.2) is 4.39 Å². The number of hydrogen-bond donors (Lipinski definition) is 0. The monoisotopic (exact) mass is 160 g/mol. The Balaban J connectivity index is 3.54. The number of halogens is 1. The third-order valence-electron chi connectivity index (χ3n) is 1.51. The summed E-state index contributed by atoms with van der Waals surface area (Å²) in [5, 5.41) is 0. The molecule has 11 heavy (non-hydrogen) atoms. The molecule has 0 aliphatic rings. The first-order chi connectivity index (χ1) is 5.07. The van der Waals surface area contributed by atoms with Crippen LogP contribution in [0.25, 0.3) is 0 Å². The molecule has 0 saturated carbocycles. The molecule has 1 atom stereocenters. The molecule has 3 heteroatoms. The summed E-state index contributed by atoms with van der Waals surface area (Å²) in [5.41, 5.74) is 0. The Morgan fingerprint density at radius 2 is 2.00 bits per heavy atom. The molecule has 0 radical (unpaired) electrons. The van der Waals surface area contributed by atoms with Crippen molar-refractivity contribution in [3.8, 4) is 0 Å². The van der Waals surface area contributed by atoms with E-state index < -0.39 is 12.0 Å². The van der Waals surface area contributed by atoms with E-state index in [4.69, 9.17) is 0 Å². The molecule has 0 amide bonds. The van der Waals surface area contributed by atoms with Crippen LogP contribution in [-0.2, 0) is 9.59 Å². The van der Waals surface area contributed by atoms with Gasteiger partial charge in [-0.1, -0.05) is 6.92 Å². The average Bonchev–Trinajstić information content (AvgIpc) is 1.99. The SMILES string of the molecule is CCC(=O)CCC(F)C(C)=O. The molecule has 0 fully saturated rings. The predicted molar refractivity (Wildman–Crippen MR) is 40.1 cm³/mol. The zero-order valence-electron chi connectivity index (χ0n) is 6.89. The Hall–Kier alpha value is -0.730. The summed E-state index contributed by atoms with van der Waals surface area (Å²) in [5.74, 6) is -0.484. The van der Waals surface area contributed by atoms with Gasteiger partial charge in [-0.05, 0) is 13.3 Å². The van der Waals surface area contributed by atoms with E-state index in [1.54, 1.807) is 6.92 Å². The number of rotatable bonds is 5. The van der Waals surface area contributed by atoms with Crippen molar-refractivity contribution in [3.05, 3.63) is 0 Å². The number of carbonyl (C=O) groups is 2. The summed E-state index contributed by atoms with van der Waals surface area (Å²) in [7, 11) is 0. The van der Waals surface area contributed by atoms with E-state index in [9.17, 15) is 14.0 Å². The molecular formula is C8H13FO2. The molecule has 0 spiro atoms. The minimum absolute atomic E-state index is 0.00824. The maximum Gasteiger partial charge on any atom is 0.163 e. The predicted octanol–water partition coefficient (Wildman–Crippen LogP) is 1.67. The molecule has 0 saturated heterocycles. The fourth-order valence-electron chi connectivity index (χ4n) is 0.668. The van der Waals surface area contributed by atoms with Crippen molar-refractivity contribution in [1.29, 1.82) is 0 Å². The second-order valence-corrected chi connectivity index (χ2v) is 2.51. The average molecular weight is 160 g/mol. The molecule has 64 valence electrons. The molecule has 0 rings (SSSR count). The minimum atomic E-state index is -1.45. The minimum Gasteiger partial charge on any atom is -0.300 e. The molecule has 0 N–H and O–H groups in total. The largest absolute Gasteiger partial charge is 0.300 e. The Kier molecular flexibility index (Phi) is 4.66. The lowest BCUT2D eigenvalue weighted by molar-refractivity contribution is -0.122. The first kappa shape index (κ1) is 10.3. The molecule has 0 aliphatic heterocycles. The van der Waals surface area contributed by atoms with Crippen LogP contribution in [0.2, 0.25) is 0 Å². The zero-order valence-corrected chi connectivity index (χ0v) is 6.89. The lowest BCUT2D eigenvalue weighted by Crippen LogP contribution is -2.13. The van der Waals surface area contributed by atoms with Crippen LogP contribution in [0.5, 0.6) is 0 Å². The first-order valence-electron chi connectivity index (χ1n) is 3.74. The number of alkyl halides is 1. The van der Waals surface area contributed by atoms with Gasteiger partial charge < -0.3 is 0 Å². The van der Waals surface area contributed by atoms with Gasteiger partial charge in [-0.2, -0.15) is 0 Å². The fraction of sp³-hybridized carbons (Fsp3) is 0.750. The zero-order chi connectivity index (χ0) is 8.85. The molecule has 0 aromatic heterocycles. The van der Waals surface area contributed by atoms with Crippen molar-refractivity contribution in [2.24, 2.45) is 0 Å². The van der Waals surface area contributed by atoms with Crippen LogP contribution in [-0.4, -0.2) is 17.7 Å². The van der Waals surface area contributed by atoms with E-state index in [0.29, 0.717) is 6.42 Å². The third-order valence-corrected chi connectivity index (χ3v) is 1.51. The van der Waals surface area contributed by atoms with Crippen molar-refractivity contribution >= 4 is 11.6 Å². The normalized spacial score (nSPS) is 12.6. The van der Waals surface area contributed by atoms with E-state index in [2.05, 4.69) is 0 Å². The third kappa shape index (κ3) is 4.65. The van der Waals surface area contributed by atoms with E-state index in [1.807, 2.05) is 0 Å². The van der Waals surface area contributed by atoms with Crippen LogP contribution in [0.3, 0.4) is 0 Å². The summed E-state index contributed by atoms with van der Waals surface area (Å²) in [4.78, 5) is 21.0. The van der Waals surface area contributed by atoms with E-state index in [1.165, 1.54) is 6.92 Å². The van der Waals surface area contributed by atoms with Gasteiger partial charge >= 0.3 is 0 Å². The highest BCUT2D eigenvalue weighted by atomic mass is 19.1. The van der Waals surface area contributed by atoms with Crippen LogP contribution in [0.1, 0.15) is 33.1 Å². The van der Waals surface area contributed by atoms with Gasteiger partial charge in [0.25, 0.3) is 0 Å². The topological polar surface area (TPSA) is 34.1 Å². The highest BCUT2D eigenvalue weighted by Gasteiger charge is 2.12. The lowest BCUT2D eigenvalue weighted by Gasteiger charge is -2.01. The quantitative estimate of drug-likeness (QED) is 0.613. The molecule has 0 aromatic rings. The summed E-state index contributed by atoms with van der Waals surface area (Å²) in [6.07, 6.45) is -0.811. The number of hydrogen-bond acceptors (Lipinski definition) is 2. The maximum atomic E-state index is 12.5. The van der Waals surface area contributed by atoms with Crippen LogP contribution >= 0.6 is 0 Å². The van der Waals surface area contributed by atoms with E-state index in [0.717, 1.165) is 0 Å². The smallest absolute Gasteiger partial charge is 0.163 e. The van der Waals surface area contributed by atoms with Crippen LogP contribution < -0.4 is 0 Å². The second kappa shape index (κ2) is 4.99. The molecule has 2 nitrogen and oxygen atoms in total. The number of ketones is 2. The Morgan fingerprint density at radius 1 is 1.45 bits per heavy atom. The van der Waals surface area contributed by atoms with Crippen molar-refractivity contribution in [2.75, 3.05) is 0 Å². The number of Topliss-reactive ketones (excluding diaryl/α,β-unsaturated/α-hetero) is 2. The van der Waals surface area contributed by atoms with Crippen LogP contribution in [0, 0.1) is 0 Å². The standard InChI is InChI=1S/C8H13FO2/c1-3-7(11)4-5-8(9)6(2)10/h8H,3-5H2,1-2H3. The Labute approximate surface area is 65.8 Å².